The lowest BCUT2D eigenvalue weighted by molar-refractivity contribution is 0.0698. The number of aromatic carboxylic acids is 1. The standard InChI is InChI=1S/C21H15F3N2O4/c22-3-1-11-5-14-15(8-19(11)30-10-23)20(27)26(9-16(14)21(28)29)18-7-12(24)6-17-13(18)2-4-25-17/h2,4-9,25H,1,3,10H2,(H,28,29). The number of rotatable bonds is 6. The highest BCUT2D eigenvalue weighted by Gasteiger charge is 2.19. The third-order valence-corrected chi connectivity index (χ3v) is 4.87. The first-order valence-electron chi connectivity index (χ1n) is 8.92. The van der Waals surface area contributed by atoms with E-state index in [-0.39, 0.29) is 39.8 Å². The second-order valence-corrected chi connectivity index (χ2v) is 6.58. The van der Waals surface area contributed by atoms with Crippen molar-refractivity contribution in [3.63, 3.8) is 0 Å². The summed E-state index contributed by atoms with van der Waals surface area (Å²) in [7, 11) is 0. The number of H-pyrrole nitrogens is 1. The molecule has 30 heavy (non-hydrogen) atoms. The Morgan fingerprint density at radius 1 is 1.13 bits per heavy atom. The van der Waals surface area contributed by atoms with Crippen molar-refractivity contribution in [1.82, 2.24) is 9.55 Å². The van der Waals surface area contributed by atoms with E-state index in [0.717, 1.165) is 16.8 Å². The fourth-order valence-electron chi connectivity index (χ4n) is 3.56. The minimum Gasteiger partial charge on any atom is -0.478 e. The van der Waals surface area contributed by atoms with Gasteiger partial charge in [0.25, 0.3) is 5.56 Å². The summed E-state index contributed by atoms with van der Waals surface area (Å²) in [5.41, 5.74) is -0.0980. The number of carboxylic acids is 1. The number of hydrogen-bond donors (Lipinski definition) is 2. The second-order valence-electron chi connectivity index (χ2n) is 6.58. The molecule has 0 fully saturated rings. The van der Waals surface area contributed by atoms with Gasteiger partial charge in [0.15, 0.2) is 0 Å². The number of carbonyl (C=O) groups is 1. The Kier molecular flexibility index (Phi) is 4.94. The van der Waals surface area contributed by atoms with Crippen LogP contribution < -0.4 is 10.3 Å². The van der Waals surface area contributed by atoms with Crippen molar-refractivity contribution in [1.29, 1.82) is 0 Å². The molecule has 2 aromatic heterocycles. The lowest BCUT2D eigenvalue weighted by Crippen LogP contribution is -2.21. The van der Waals surface area contributed by atoms with E-state index in [0.29, 0.717) is 10.9 Å². The molecule has 2 heterocycles. The largest absolute Gasteiger partial charge is 0.478 e. The molecular formula is C21H15F3N2O4. The molecule has 0 aliphatic carbocycles. The number of hydrogen-bond acceptors (Lipinski definition) is 3. The number of pyridine rings is 1. The number of aryl methyl sites for hydroxylation is 1. The van der Waals surface area contributed by atoms with Gasteiger partial charge in [-0.05, 0) is 35.9 Å². The van der Waals surface area contributed by atoms with E-state index in [2.05, 4.69) is 4.98 Å². The average molecular weight is 416 g/mol. The molecular weight excluding hydrogens is 401 g/mol. The Bertz CT molecular complexity index is 1340. The lowest BCUT2D eigenvalue weighted by atomic mass is 10.0. The molecule has 0 spiro atoms. The Hall–Kier alpha value is -3.75. The Morgan fingerprint density at radius 2 is 1.93 bits per heavy atom. The van der Waals surface area contributed by atoms with Crippen molar-refractivity contribution in [3.8, 4) is 11.4 Å². The van der Waals surface area contributed by atoms with E-state index in [1.165, 1.54) is 18.2 Å². The number of alkyl halides is 2. The predicted octanol–water partition coefficient (Wildman–Crippen LogP) is 4.13. The van der Waals surface area contributed by atoms with Crippen LogP contribution >= 0.6 is 0 Å². The van der Waals surface area contributed by atoms with Crippen LogP contribution in [0.15, 0.2) is 47.5 Å². The molecule has 154 valence electrons. The first-order chi connectivity index (χ1) is 14.4. The fraction of sp³-hybridized carbons (Fsp3) is 0.143. The highest BCUT2D eigenvalue weighted by atomic mass is 19.1. The molecule has 4 rings (SSSR count). The van der Waals surface area contributed by atoms with Crippen LogP contribution in [0.3, 0.4) is 0 Å². The molecule has 2 N–H and O–H groups in total. The van der Waals surface area contributed by atoms with Gasteiger partial charge in [0, 0.05) is 29.6 Å². The molecule has 0 aliphatic rings. The van der Waals surface area contributed by atoms with E-state index in [1.807, 2.05) is 0 Å². The van der Waals surface area contributed by atoms with E-state index >= 15 is 0 Å². The molecule has 0 saturated carbocycles. The highest BCUT2D eigenvalue weighted by molar-refractivity contribution is 6.04. The number of nitrogens with zero attached hydrogens (tertiary/aromatic N) is 1. The zero-order chi connectivity index (χ0) is 21.4. The molecule has 0 saturated heterocycles. The first-order valence-corrected chi connectivity index (χ1v) is 8.92. The van der Waals surface area contributed by atoms with E-state index in [1.54, 1.807) is 12.3 Å². The molecule has 0 atom stereocenters. The number of halogens is 3. The Morgan fingerprint density at radius 3 is 2.63 bits per heavy atom. The predicted molar refractivity (Wildman–Crippen MR) is 105 cm³/mol. The lowest BCUT2D eigenvalue weighted by Gasteiger charge is -2.15. The second kappa shape index (κ2) is 7.58. The van der Waals surface area contributed by atoms with Gasteiger partial charge in [0.2, 0.25) is 6.86 Å². The number of aromatic nitrogens is 2. The van der Waals surface area contributed by atoms with Gasteiger partial charge in [-0.3, -0.25) is 13.8 Å². The molecule has 0 unspecified atom stereocenters. The molecule has 9 heteroatoms. The highest BCUT2D eigenvalue weighted by Crippen LogP contribution is 2.29. The zero-order valence-electron chi connectivity index (χ0n) is 15.4. The van der Waals surface area contributed by atoms with Gasteiger partial charge in [-0.2, -0.15) is 0 Å². The van der Waals surface area contributed by atoms with Crippen molar-refractivity contribution in [2.24, 2.45) is 0 Å². The van der Waals surface area contributed by atoms with Crippen molar-refractivity contribution >= 4 is 27.6 Å². The number of aromatic amines is 1. The fourth-order valence-corrected chi connectivity index (χ4v) is 3.56. The normalized spacial score (nSPS) is 11.3. The monoisotopic (exact) mass is 416 g/mol. The molecule has 0 aliphatic heterocycles. The molecule has 0 amide bonds. The zero-order valence-corrected chi connectivity index (χ0v) is 15.4. The summed E-state index contributed by atoms with van der Waals surface area (Å²) in [6.45, 7) is -1.98. The van der Waals surface area contributed by atoms with Crippen LogP contribution in [0.4, 0.5) is 13.2 Å². The maximum atomic E-state index is 14.1. The third kappa shape index (κ3) is 3.18. The molecule has 0 bridgehead atoms. The smallest absolute Gasteiger partial charge is 0.337 e. The number of benzene rings is 2. The number of ether oxygens (including phenoxy) is 1. The molecule has 0 radical (unpaired) electrons. The molecule has 4 aromatic rings. The number of fused-ring (bicyclic) bond motifs is 2. The Labute approximate surface area is 167 Å². The third-order valence-electron chi connectivity index (χ3n) is 4.87. The maximum Gasteiger partial charge on any atom is 0.337 e. The SMILES string of the molecule is O=C(O)c1cn(-c2cc(F)cc3[nH]ccc23)c(=O)c2cc(OCF)c(CCF)cc12. The van der Waals surface area contributed by atoms with Gasteiger partial charge >= 0.3 is 5.97 Å². The quantitative estimate of drug-likeness (QED) is 0.495. The summed E-state index contributed by atoms with van der Waals surface area (Å²) in [5.74, 6) is -2.01. The van der Waals surface area contributed by atoms with Crippen LogP contribution in [0.25, 0.3) is 27.4 Å². The van der Waals surface area contributed by atoms with Gasteiger partial charge in [-0.1, -0.05) is 0 Å². The van der Waals surface area contributed by atoms with Gasteiger partial charge in [0.1, 0.15) is 11.6 Å². The minimum absolute atomic E-state index is 0.0557. The molecule has 2 aromatic carbocycles. The summed E-state index contributed by atoms with van der Waals surface area (Å²) < 4.78 is 45.7. The van der Waals surface area contributed by atoms with Crippen LogP contribution in [-0.4, -0.2) is 34.2 Å². The van der Waals surface area contributed by atoms with Crippen LogP contribution in [0.5, 0.6) is 5.75 Å². The summed E-state index contributed by atoms with van der Waals surface area (Å²) in [6.07, 6.45) is 2.53. The van der Waals surface area contributed by atoms with Crippen molar-refractivity contribution in [3.05, 3.63) is 70.0 Å². The Balaban J connectivity index is 2.10. The van der Waals surface area contributed by atoms with Gasteiger partial charge in [-0.15, -0.1) is 0 Å². The van der Waals surface area contributed by atoms with Crippen LogP contribution in [0.2, 0.25) is 0 Å². The first kappa shape index (κ1) is 19.6. The van der Waals surface area contributed by atoms with Crippen molar-refractivity contribution in [2.75, 3.05) is 13.5 Å². The van der Waals surface area contributed by atoms with Crippen LogP contribution in [0, 0.1) is 5.82 Å². The van der Waals surface area contributed by atoms with Crippen LogP contribution in [-0.2, 0) is 6.42 Å². The van der Waals surface area contributed by atoms with Crippen molar-refractivity contribution < 1.29 is 27.8 Å². The summed E-state index contributed by atoms with van der Waals surface area (Å²) in [5, 5.41) is 10.2. The summed E-state index contributed by atoms with van der Waals surface area (Å²) >= 11 is 0. The topological polar surface area (TPSA) is 84.3 Å². The number of carboxylic acid groups (broad SMARTS) is 1. The number of nitrogens with one attached hydrogen (secondary N) is 1. The maximum absolute atomic E-state index is 14.1. The van der Waals surface area contributed by atoms with Gasteiger partial charge in [0.05, 0.1) is 28.8 Å². The van der Waals surface area contributed by atoms with E-state index in [4.69, 9.17) is 4.74 Å². The van der Waals surface area contributed by atoms with E-state index in [9.17, 15) is 27.9 Å². The average Bonchev–Trinajstić information content (AvgIpc) is 3.17. The van der Waals surface area contributed by atoms with Crippen molar-refractivity contribution in [2.45, 2.75) is 6.42 Å². The minimum atomic E-state index is -1.33. The van der Waals surface area contributed by atoms with E-state index < -0.39 is 30.9 Å². The van der Waals surface area contributed by atoms with Gasteiger partial charge in [-0.25, -0.2) is 13.6 Å². The molecule has 6 nitrogen and oxygen atoms in total. The summed E-state index contributed by atoms with van der Waals surface area (Å²) in [4.78, 5) is 28.0. The van der Waals surface area contributed by atoms with Gasteiger partial charge < -0.3 is 14.8 Å². The van der Waals surface area contributed by atoms with Crippen LogP contribution in [0.1, 0.15) is 15.9 Å². The summed E-state index contributed by atoms with van der Waals surface area (Å²) in [6, 6.07) is 6.50.